The number of nitrogens with one attached hydrogen (secondary N) is 1. The number of aliphatic hydroxyl groups excluding tert-OH is 2. The second-order valence-electron chi connectivity index (χ2n) is 13.7. The zero-order valence-corrected chi connectivity index (χ0v) is 24.9. The van der Waals surface area contributed by atoms with Crippen molar-refractivity contribution >= 4 is 23.2 Å². The Morgan fingerprint density at radius 3 is 2.20 bits per heavy atom. The van der Waals surface area contributed by atoms with Crippen molar-refractivity contribution in [2.24, 2.45) is 11.8 Å². The van der Waals surface area contributed by atoms with Gasteiger partial charge >= 0.3 is 0 Å². The summed E-state index contributed by atoms with van der Waals surface area (Å²) >= 11 is 0. The molecule has 0 heterocycles. The maximum Gasteiger partial charge on any atom is 0.258 e. The third kappa shape index (κ3) is 4.34. The number of ketones is 2. The highest BCUT2D eigenvalue weighted by Crippen LogP contribution is 2.54. The lowest BCUT2D eigenvalue weighted by Crippen LogP contribution is -2.66. The van der Waals surface area contributed by atoms with Gasteiger partial charge in [-0.15, -0.1) is 0 Å². The highest BCUT2D eigenvalue weighted by molar-refractivity contribution is 6.25. The molecular weight excluding hydrogens is 512 g/mol. The van der Waals surface area contributed by atoms with E-state index in [-0.39, 0.29) is 23.3 Å². The van der Waals surface area contributed by atoms with Gasteiger partial charge in [0.1, 0.15) is 22.8 Å². The first-order chi connectivity index (χ1) is 18.3. The molecule has 4 rings (SSSR count). The van der Waals surface area contributed by atoms with Crippen molar-refractivity contribution in [2.45, 2.75) is 90.3 Å². The minimum absolute atomic E-state index is 0.0961. The first-order valence-corrected chi connectivity index (χ1v) is 13.8. The van der Waals surface area contributed by atoms with E-state index in [1.54, 1.807) is 39.8 Å². The van der Waals surface area contributed by atoms with Crippen LogP contribution in [0.25, 0.3) is 5.76 Å². The largest absolute Gasteiger partial charge is 0.508 e. The van der Waals surface area contributed by atoms with Crippen molar-refractivity contribution in [1.29, 1.82) is 0 Å². The molecule has 3 aliphatic carbocycles. The van der Waals surface area contributed by atoms with Gasteiger partial charge in [-0.1, -0.05) is 33.8 Å². The maximum absolute atomic E-state index is 14.2. The monoisotopic (exact) mass is 554 g/mol. The lowest BCUT2D eigenvalue weighted by Gasteiger charge is -2.50. The number of aliphatic hydroxyl groups is 3. The molecule has 1 saturated carbocycles. The molecule has 9 nitrogen and oxygen atoms in total. The van der Waals surface area contributed by atoms with E-state index < -0.39 is 69.0 Å². The Bertz CT molecular complexity index is 1370. The second kappa shape index (κ2) is 9.45. The predicted molar refractivity (Wildman–Crippen MR) is 151 cm³/mol. The molecule has 1 fully saturated rings. The normalized spacial score (nSPS) is 27.0. The number of likely N-dealkylation sites (N-methyl/N-ethyl adjacent to an activating group) is 1. The predicted octanol–water partition coefficient (Wildman–Crippen LogP) is 3.25. The van der Waals surface area contributed by atoms with Crippen LogP contribution in [0.5, 0.6) is 5.75 Å². The number of rotatable bonds is 3. The molecule has 0 saturated heterocycles. The SMILES string of the molecule is CCc1cc(C(C)(C)C)c(O)c2c1C[C@@H]1C[C@@H]3[C@@H](N(C)C)C(=O)C(C(=O)NC(C)(C)C)=C(O)[C@]3(O)C(=O)C1=C2O. The van der Waals surface area contributed by atoms with Gasteiger partial charge in [-0.25, -0.2) is 0 Å². The first-order valence-electron chi connectivity index (χ1n) is 13.8. The number of nitrogens with zero attached hydrogens (tertiary/aromatic N) is 1. The number of amides is 1. The molecule has 1 amide bonds. The summed E-state index contributed by atoms with van der Waals surface area (Å²) in [7, 11) is 3.24. The van der Waals surface area contributed by atoms with E-state index in [9.17, 15) is 34.8 Å². The maximum atomic E-state index is 14.2. The summed E-state index contributed by atoms with van der Waals surface area (Å²) in [5.41, 5.74) is -2.16. The molecular formula is C31H42N2O7. The van der Waals surface area contributed by atoms with Crippen molar-refractivity contribution in [3.05, 3.63) is 45.2 Å². The Morgan fingerprint density at radius 2 is 1.70 bits per heavy atom. The topological polar surface area (TPSA) is 147 Å². The van der Waals surface area contributed by atoms with Crippen molar-refractivity contribution < 1.29 is 34.8 Å². The van der Waals surface area contributed by atoms with Crippen LogP contribution in [0.4, 0.5) is 0 Å². The number of phenolic OH excluding ortho intramolecular Hbond substituents is 1. The number of aromatic hydroxyl groups is 1. The molecule has 0 unspecified atom stereocenters. The average Bonchev–Trinajstić information content (AvgIpc) is 2.79. The van der Waals surface area contributed by atoms with E-state index in [1.807, 2.05) is 33.8 Å². The van der Waals surface area contributed by atoms with Crippen LogP contribution < -0.4 is 5.32 Å². The van der Waals surface area contributed by atoms with Crippen molar-refractivity contribution in [1.82, 2.24) is 10.2 Å². The van der Waals surface area contributed by atoms with Crippen molar-refractivity contribution in [3.8, 4) is 5.75 Å². The van der Waals surface area contributed by atoms with Crippen LogP contribution in [-0.2, 0) is 32.6 Å². The zero-order chi connectivity index (χ0) is 30.3. The van der Waals surface area contributed by atoms with E-state index in [0.29, 0.717) is 18.4 Å². The van der Waals surface area contributed by atoms with Crippen molar-refractivity contribution in [2.75, 3.05) is 14.1 Å². The van der Waals surface area contributed by atoms with Gasteiger partial charge in [0, 0.05) is 22.6 Å². The number of carbonyl (C=O) groups is 3. The molecule has 4 atom stereocenters. The van der Waals surface area contributed by atoms with Crippen LogP contribution in [0.15, 0.2) is 23.0 Å². The zero-order valence-electron chi connectivity index (χ0n) is 24.9. The van der Waals surface area contributed by atoms with Gasteiger partial charge in [-0.3, -0.25) is 19.3 Å². The molecule has 0 aromatic heterocycles. The first kappa shape index (κ1) is 29.8. The number of hydrogen-bond donors (Lipinski definition) is 5. The Morgan fingerprint density at radius 1 is 1.10 bits per heavy atom. The van der Waals surface area contributed by atoms with E-state index in [1.165, 1.54) is 0 Å². The quantitative estimate of drug-likeness (QED) is 0.358. The summed E-state index contributed by atoms with van der Waals surface area (Å²) in [5.74, 6) is -5.73. The Balaban J connectivity index is 1.99. The fraction of sp³-hybridized carbons (Fsp3) is 0.581. The number of phenols is 1. The van der Waals surface area contributed by atoms with Crippen molar-refractivity contribution in [3.63, 3.8) is 0 Å². The molecule has 0 radical (unpaired) electrons. The summed E-state index contributed by atoms with van der Waals surface area (Å²) in [5, 5.41) is 48.9. The number of benzene rings is 1. The fourth-order valence-corrected chi connectivity index (χ4v) is 6.66. The molecule has 3 aliphatic rings. The van der Waals surface area contributed by atoms with Gasteiger partial charge < -0.3 is 25.7 Å². The third-order valence-electron chi connectivity index (χ3n) is 8.47. The molecule has 40 heavy (non-hydrogen) atoms. The van der Waals surface area contributed by atoms with E-state index in [0.717, 1.165) is 11.1 Å². The Hall–Kier alpha value is -3.17. The minimum Gasteiger partial charge on any atom is -0.508 e. The number of aryl methyl sites for hydroxylation is 1. The molecule has 5 N–H and O–H groups in total. The summed E-state index contributed by atoms with van der Waals surface area (Å²) < 4.78 is 0. The van der Waals surface area contributed by atoms with Gasteiger partial charge in [-0.05, 0) is 76.6 Å². The second-order valence-corrected chi connectivity index (χ2v) is 13.7. The lowest BCUT2D eigenvalue weighted by molar-refractivity contribution is -0.153. The van der Waals surface area contributed by atoms with E-state index >= 15 is 0 Å². The highest BCUT2D eigenvalue weighted by Gasteiger charge is 2.64. The summed E-state index contributed by atoms with van der Waals surface area (Å²) in [6.07, 6.45) is 1.04. The standard InChI is InChI=1S/C31H42N2O7/c1-10-14-12-18(29(2,3)4)23(34)20-16(14)11-15-13-17-22(33(8)9)25(36)21(28(39)32-30(5,6)7)27(38)31(17,40)26(37)19(15)24(20)35/h12,15,17,22,34-35,38,40H,10-11,13H2,1-9H3,(H,32,39)/t15-,17-,22-,31-/m1/s1. The molecule has 0 aliphatic heterocycles. The molecule has 9 heteroatoms. The smallest absolute Gasteiger partial charge is 0.258 e. The van der Waals surface area contributed by atoms with Gasteiger partial charge in [-0.2, -0.15) is 0 Å². The molecule has 0 spiro atoms. The van der Waals surface area contributed by atoms with Gasteiger partial charge in [0.2, 0.25) is 5.78 Å². The average molecular weight is 555 g/mol. The number of Topliss-reactive ketones (excluding diaryl/α,β-unsaturated/α-hetero) is 2. The van der Waals surface area contributed by atoms with Crippen LogP contribution >= 0.6 is 0 Å². The number of carbonyl (C=O) groups excluding carboxylic acids is 3. The Kier molecular flexibility index (Phi) is 7.04. The van der Waals surface area contributed by atoms with Gasteiger partial charge in [0.15, 0.2) is 11.4 Å². The highest BCUT2D eigenvalue weighted by atomic mass is 16.3. The van der Waals surface area contributed by atoms with Crippen LogP contribution in [0, 0.1) is 11.8 Å². The van der Waals surface area contributed by atoms with E-state index in [4.69, 9.17) is 0 Å². The summed E-state index contributed by atoms with van der Waals surface area (Å²) in [6, 6.07) is 0.868. The number of fused-ring (bicyclic) bond motifs is 3. The molecule has 0 bridgehead atoms. The van der Waals surface area contributed by atoms with E-state index in [2.05, 4.69) is 5.32 Å². The summed E-state index contributed by atoms with van der Waals surface area (Å²) in [4.78, 5) is 42.6. The number of hydrogen-bond acceptors (Lipinski definition) is 8. The fourth-order valence-electron chi connectivity index (χ4n) is 6.66. The molecule has 1 aromatic carbocycles. The molecule has 1 aromatic rings. The summed E-state index contributed by atoms with van der Waals surface area (Å²) in [6.45, 7) is 12.9. The van der Waals surface area contributed by atoms with Crippen LogP contribution in [0.2, 0.25) is 0 Å². The van der Waals surface area contributed by atoms with Gasteiger partial charge in [0.25, 0.3) is 5.91 Å². The van der Waals surface area contributed by atoms with Crippen LogP contribution in [0.1, 0.15) is 77.1 Å². The molecule has 218 valence electrons. The van der Waals surface area contributed by atoms with Gasteiger partial charge in [0.05, 0.1) is 11.6 Å². The van der Waals surface area contributed by atoms with Crippen LogP contribution in [-0.4, -0.2) is 74.1 Å². The van der Waals surface area contributed by atoms with Crippen LogP contribution in [0.3, 0.4) is 0 Å². The lowest BCUT2D eigenvalue weighted by atomic mass is 9.57. The Labute approximate surface area is 235 Å². The minimum atomic E-state index is -2.62. The third-order valence-corrected chi connectivity index (χ3v) is 8.47.